The van der Waals surface area contributed by atoms with E-state index in [9.17, 15) is 0 Å². The molecule has 0 unspecified atom stereocenters. The van der Waals surface area contributed by atoms with E-state index in [-0.39, 0.29) is 6.15 Å². The Hall–Kier alpha value is -0.470. The van der Waals surface area contributed by atoms with Crippen molar-refractivity contribution < 1.29 is 22.3 Å². The van der Waals surface area contributed by atoms with Crippen molar-refractivity contribution in [2.75, 3.05) is 13.2 Å². The minimum absolute atomic E-state index is 0. The molecule has 0 fully saturated rings. The molecule has 0 aliphatic heterocycles. The average Bonchev–Trinajstić information content (AvgIpc) is 2.38. The highest BCUT2D eigenvalue weighted by Crippen LogP contribution is 2.10. The Balaban J connectivity index is -0.000000520. The molecule has 5 N–H and O–H groups in total. The van der Waals surface area contributed by atoms with Gasteiger partial charge in [0, 0.05) is 6.61 Å². The summed E-state index contributed by atoms with van der Waals surface area (Å²) in [6.07, 6.45) is 15.7. The van der Waals surface area contributed by atoms with Gasteiger partial charge in [-0.2, -0.15) is 8.42 Å². The molecular weight excluding hydrogens is 306 g/mol. The van der Waals surface area contributed by atoms with Crippen molar-refractivity contribution in [3.63, 3.8) is 0 Å². The molecule has 0 aromatic heterocycles. The number of rotatable bonds is 13. The van der Waals surface area contributed by atoms with Crippen molar-refractivity contribution in [2.45, 2.75) is 71.1 Å². The number of unbranched alkanes of at least 4 members (excludes halogenated alkanes) is 9. The van der Waals surface area contributed by atoms with Gasteiger partial charge in [0.05, 0.1) is 6.61 Å². The van der Waals surface area contributed by atoms with Crippen LogP contribution in [0.1, 0.15) is 71.1 Å². The molecule has 0 heterocycles. The van der Waals surface area contributed by atoms with Gasteiger partial charge < -0.3 is 10.9 Å². The van der Waals surface area contributed by atoms with Crippen LogP contribution in [0.2, 0.25) is 0 Å². The van der Waals surface area contributed by atoms with Crippen LogP contribution in [-0.4, -0.2) is 30.7 Å². The van der Waals surface area contributed by atoms with Crippen LogP contribution in [-0.2, 0) is 15.1 Å². The smallest absolute Gasteiger partial charge is 0.377 e. The maximum absolute atomic E-state index is 8.74. The Bertz CT molecular complexity index is 299. The quantitative estimate of drug-likeness (QED) is 0.255. The van der Waals surface area contributed by atoms with Crippen LogP contribution in [0.15, 0.2) is 12.7 Å². The third kappa shape index (κ3) is 42.7. The number of ether oxygens (including phenoxy) is 1. The molecule has 0 spiro atoms. The summed E-state index contributed by atoms with van der Waals surface area (Å²) < 4.78 is 36.9. The van der Waals surface area contributed by atoms with E-state index in [0.717, 1.165) is 6.61 Å². The predicted octanol–water partition coefficient (Wildman–Crippen LogP) is 4.62. The summed E-state index contributed by atoms with van der Waals surface area (Å²) in [6.45, 7) is 7.51. The van der Waals surface area contributed by atoms with E-state index < -0.39 is 10.4 Å². The standard InChI is InChI=1S/C15H30O.H3N.H2O4S/c1-3-5-6-7-8-9-10-11-12-13-15-16-14-4-2;;1-5(2,3)4/h4H,2-3,5-15H2,1H3;1H3;(H2,1,2,3,4). The van der Waals surface area contributed by atoms with Crippen LogP contribution in [0.25, 0.3) is 0 Å². The summed E-state index contributed by atoms with van der Waals surface area (Å²) in [5.74, 6) is 0. The lowest BCUT2D eigenvalue weighted by Crippen LogP contribution is -1.93. The molecule has 0 bridgehead atoms. The highest BCUT2D eigenvalue weighted by molar-refractivity contribution is 7.79. The summed E-state index contributed by atoms with van der Waals surface area (Å²) in [4.78, 5) is 0. The van der Waals surface area contributed by atoms with Crippen molar-refractivity contribution in [3.8, 4) is 0 Å². The van der Waals surface area contributed by atoms with E-state index in [4.69, 9.17) is 22.3 Å². The Kier molecular flexibility index (Phi) is 24.7. The second kappa shape index (κ2) is 20.5. The van der Waals surface area contributed by atoms with E-state index in [1.165, 1.54) is 64.2 Å². The Morgan fingerprint density at radius 3 is 1.64 bits per heavy atom. The molecule has 0 aromatic rings. The molecule has 7 heteroatoms. The summed E-state index contributed by atoms with van der Waals surface area (Å²) in [5, 5.41) is 0. The molecule has 22 heavy (non-hydrogen) atoms. The maximum atomic E-state index is 8.74. The van der Waals surface area contributed by atoms with Crippen molar-refractivity contribution in [2.24, 2.45) is 0 Å². The van der Waals surface area contributed by atoms with Gasteiger partial charge in [0.2, 0.25) is 0 Å². The van der Waals surface area contributed by atoms with Crippen LogP contribution in [0.4, 0.5) is 0 Å². The largest absolute Gasteiger partial charge is 0.394 e. The minimum Gasteiger partial charge on any atom is -0.377 e. The van der Waals surface area contributed by atoms with Crippen molar-refractivity contribution in [1.82, 2.24) is 6.15 Å². The molecule has 0 amide bonds. The van der Waals surface area contributed by atoms with Gasteiger partial charge in [0.15, 0.2) is 0 Å². The zero-order chi connectivity index (χ0) is 16.4. The summed E-state index contributed by atoms with van der Waals surface area (Å²) in [7, 11) is -4.67. The van der Waals surface area contributed by atoms with Gasteiger partial charge >= 0.3 is 10.4 Å². The first-order valence-electron chi connectivity index (χ1n) is 7.80. The van der Waals surface area contributed by atoms with Crippen molar-refractivity contribution in [3.05, 3.63) is 12.7 Å². The van der Waals surface area contributed by atoms with Crippen LogP contribution < -0.4 is 6.15 Å². The van der Waals surface area contributed by atoms with Crippen LogP contribution in [0.3, 0.4) is 0 Å². The zero-order valence-corrected chi connectivity index (χ0v) is 14.8. The highest BCUT2D eigenvalue weighted by atomic mass is 32.3. The van der Waals surface area contributed by atoms with E-state index in [1.807, 2.05) is 6.08 Å². The van der Waals surface area contributed by atoms with Crippen LogP contribution in [0.5, 0.6) is 0 Å². The summed E-state index contributed by atoms with van der Waals surface area (Å²) in [5.41, 5.74) is 0. The van der Waals surface area contributed by atoms with E-state index in [1.54, 1.807) is 0 Å². The van der Waals surface area contributed by atoms with E-state index in [2.05, 4.69) is 13.5 Å². The molecule has 0 aliphatic rings. The second-order valence-corrected chi connectivity index (χ2v) is 5.89. The van der Waals surface area contributed by atoms with E-state index >= 15 is 0 Å². The van der Waals surface area contributed by atoms with E-state index in [0.29, 0.717) is 6.61 Å². The Labute approximate surface area is 136 Å². The SMILES string of the molecule is C=CCOCCCCCCCCCCCC.N.O=S(=O)(O)O. The summed E-state index contributed by atoms with van der Waals surface area (Å²) >= 11 is 0. The molecule has 136 valence electrons. The van der Waals surface area contributed by atoms with Crippen molar-refractivity contribution in [1.29, 1.82) is 0 Å². The molecule has 0 rings (SSSR count). The van der Waals surface area contributed by atoms with Gasteiger partial charge in [-0.15, -0.1) is 6.58 Å². The maximum Gasteiger partial charge on any atom is 0.394 e. The molecule has 0 saturated carbocycles. The lowest BCUT2D eigenvalue weighted by Gasteiger charge is -2.02. The Morgan fingerprint density at radius 2 is 1.27 bits per heavy atom. The Morgan fingerprint density at radius 1 is 0.909 bits per heavy atom. The topological polar surface area (TPSA) is 119 Å². The normalized spacial score (nSPS) is 10.3. The second-order valence-electron chi connectivity index (χ2n) is 4.99. The van der Waals surface area contributed by atoms with Gasteiger partial charge in [0.25, 0.3) is 0 Å². The molecule has 0 aromatic carbocycles. The fourth-order valence-electron chi connectivity index (χ4n) is 1.86. The third-order valence-corrected chi connectivity index (χ3v) is 2.88. The lowest BCUT2D eigenvalue weighted by atomic mass is 10.1. The first kappa shape index (κ1) is 26.4. The third-order valence-electron chi connectivity index (χ3n) is 2.88. The molecule has 0 saturated heterocycles. The number of hydrogen-bond donors (Lipinski definition) is 3. The predicted molar refractivity (Wildman–Crippen MR) is 92.1 cm³/mol. The number of hydrogen-bond acceptors (Lipinski definition) is 4. The zero-order valence-electron chi connectivity index (χ0n) is 14.0. The molecular formula is C15H35NO5S. The van der Waals surface area contributed by atoms with Gasteiger partial charge in [-0.3, -0.25) is 9.11 Å². The molecule has 0 atom stereocenters. The highest BCUT2D eigenvalue weighted by Gasteiger charge is 1.92. The fourth-order valence-corrected chi connectivity index (χ4v) is 1.86. The molecule has 0 radical (unpaired) electrons. The van der Waals surface area contributed by atoms with Gasteiger partial charge in [0.1, 0.15) is 0 Å². The van der Waals surface area contributed by atoms with Gasteiger partial charge in [-0.1, -0.05) is 70.8 Å². The minimum atomic E-state index is -4.67. The fraction of sp³-hybridized carbons (Fsp3) is 0.867. The van der Waals surface area contributed by atoms with Crippen LogP contribution in [0, 0.1) is 0 Å². The first-order chi connectivity index (χ1) is 9.91. The van der Waals surface area contributed by atoms with Gasteiger partial charge in [-0.05, 0) is 6.42 Å². The molecule has 6 nitrogen and oxygen atoms in total. The van der Waals surface area contributed by atoms with Crippen molar-refractivity contribution >= 4 is 10.4 Å². The van der Waals surface area contributed by atoms with Gasteiger partial charge in [-0.25, -0.2) is 0 Å². The first-order valence-corrected chi connectivity index (χ1v) is 9.20. The summed E-state index contributed by atoms with van der Waals surface area (Å²) in [6, 6.07) is 0. The molecule has 0 aliphatic carbocycles. The lowest BCUT2D eigenvalue weighted by molar-refractivity contribution is 0.157. The average molecular weight is 342 g/mol. The monoisotopic (exact) mass is 341 g/mol. The van der Waals surface area contributed by atoms with Crippen LogP contribution >= 0.6 is 0 Å².